The lowest BCUT2D eigenvalue weighted by atomic mass is 9.88. The molecular formula is C25H32N4O4S2. The summed E-state index contributed by atoms with van der Waals surface area (Å²) in [5, 5.41) is 6.69. The molecule has 0 bridgehead atoms. The van der Waals surface area contributed by atoms with E-state index < -0.39 is 11.8 Å². The predicted molar refractivity (Wildman–Crippen MR) is 139 cm³/mol. The zero-order valence-corrected chi connectivity index (χ0v) is 21.8. The fraction of sp³-hybridized carbons (Fsp3) is 0.520. The molecule has 2 heterocycles. The number of anilines is 2. The number of carbonyl (C=O) groups excluding carboxylic acids is 4. The van der Waals surface area contributed by atoms with Gasteiger partial charge in [-0.3, -0.25) is 19.2 Å². The molecule has 4 rings (SSSR count). The van der Waals surface area contributed by atoms with Gasteiger partial charge in [-0.2, -0.15) is 0 Å². The highest BCUT2D eigenvalue weighted by molar-refractivity contribution is 7.17. The maximum Gasteiger partial charge on any atom is 0.251 e. The first-order valence-electron chi connectivity index (χ1n) is 12.1. The van der Waals surface area contributed by atoms with Crippen molar-refractivity contribution in [2.24, 2.45) is 23.3 Å². The van der Waals surface area contributed by atoms with Gasteiger partial charge >= 0.3 is 0 Å². The Hall–Kier alpha value is -2.72. The van der Waals surface area contributed by atoms with Crippen LogP contribution >= 0.6 is 22.7 Å². The third kappa shape index (κ3) is 5.59. The average molecular weight is 517 g/mol. The standard InChI is InChI=1S/C25H32N4O4S2/c1-12-6-8-14-16(10-12)34-24(20(14)22(26)32)28-18(30)4-3-5-19(31)29-25-21(23(27)33)15-9-7-13(2)11-17(15)35-25/h12-13H,3-11H2,1-2H3,(H2,26,32)(H2,27,33)(H,28,30)(H,29,31)/t12-,13+. The maximum absolute atomic E-state index is 12.6. The molecule has 2 aromatic rings. The number of fused-ring (bicyclic) bond motifs is 2. The first-order valence-corrected chi connectivity index (χ1v) is 13.8. The minimum atomic E-state index is -0.523. The summed E-state index contributed by atoms with van der Waals surface area (Å²) in [6, 6.07) is 0. The van der Waals surface area contributed by atoms with Crippen LogP contribution in [0.4, 0.5) is 10.0 Å². The largest absolute Gasteiger partial charge is 0.365 e. The number of amides is 4. The molecular weight excluding hydrogens is 484 g/mol. The van der Waals surface area contributed by atoms with Crippen LogP contribution in [0.3, 0.4) is 0 Å². The topological polar surface area (TPSA) is 144 Å². The van der Waals surface area contributed by atoms with Gasteiger partial charge in [0.2, 0.25) is 11.8 Å². The van der Waals surface area contributed by atoms with Gasteiger partial charge in [0.05, 0.1) is 11.1 Å². The van der Waals surface area contributed by atoms with Gasteiger partial charge in [0, 0.05) is 22.6 Å². The Balaban J connectivity index is 1.33. The van der Waals surface area contributed by atoms with E-state index in [9.17, 15) is 19.2 Å². The molecule has 2 aliphatic carbocycles. The molecule has 6 N–H and O–H groups in total. The molecule has 0 saturated heterocycles. The quantitative estimate of drug-likeness (QED) is 0.420. The van der Waals surface area contributed by atoms with Crippen molar-refractivity contribution < 1.29 is 19.2 Å². The van der Waals surface area contributed by atoms with E-state index >= 15 is 0 Å². The molecule has 0 aliphatic heterocycles. The molecule has 2 aromatic heterocycles. The Bertz CT molecular complexity index is 1090. The third-order valence-corrected chi connectivity index (χ3v) is 9.17. The van der Waals surface area contributed by atoms with E-state index in [1.165, 1.54) is 22.7 Å². The van der Waals surface area contributed by atoms with Gasteiger partial charge in [0.1, 0.15) is 10.0 Å². The van der Waals surface area contributed by atoms with Gasteiger partial charge in [-0.25, -0.2) is 0 Å². The summed E-state index contributed by atoms with van der Waals surface area (Å²) in [5.74, 6) is -0.488. The second-order valence-electron chi connectivity index (χ2n) is 9.79. The molecule has 0 unspecified atom stereocenters. The third-order valence-electron chi connectivity index (χ3n) is 6.83. The molecule has 0 fully saturated rings. The van der Waals surface area contributed by atoms with Crippen LogP contribution in [0.1, 0.15) is 87.5 Å². The Labute approximate surface area is 212 Å². The van der Waals surface area contributed by atoms with Gasteiger partial charge in [0.15, 0.2) is 0 Å². The second-order valence-corrected chi connectivity index (χ2v) is 12.0. The van der Waals surface area contributed by atoms with Crippen LogP contribution < -0.4 is 22.1 Å². The summed E-state index contributed by atoms with van der Waals surface area (Å²) in [7, 11) is 0. The number of carbonyl (C=O) groups is 4. The fourth-order valence-electron chi connectivity index (χ4n) is 4.99. The lowest BCUT2D eigenvalue weighted by Crippen LogP contribution is -2.20. The lowest BCUT2D eigenvalue weighted by Gasteiger charge is -2.18. The fourth-order valence-corrected chi connectivity index (χ4v) is 7.85. The monoisotopic (exact) mass is 516 g/mol. The number of nitrogens with two attached hydrogens (primary N) is 2. The molecule has 2 aliphatic rings. The van der Waals surface area contributed by atoms with Crippen LogP contribution in [-0.2, 0) is 35.3 Å². The predicted octanol–water partition coefficient (Wildman–Crippen LogP) is 4.00. The molecule has 4 amide bonds. The summed E-state index contributed by atoms with van der Waals surface area (Å²) in [6.45, 7) is 4.35. The number of hydrogen-bond donors (Lipinski definition) is 4. The minimum absolute atomic E-state index is 0.131. The van der Waals surface area contributed by atoms with Crippen molar-refractivity contribution in [1.82, 2.24) is 0 Å². The summed E-state index contributed by atoms with van der Waals surface area (Å²) in [4.78, 5) is 51.5. The van der Waals surface area contributed by atoms with E-state index in [4.69, 9.17) is 11.5 Å². The second kappa shape index (κ2) is 10.5. The van der Waals surface area contributed by atoms with E-state index in [1.807, 2.05) is 0 Å². The number of primary amides is 2. The zero-order valence-electron chi connectivity index (χ0n) is 20.1. The summed E-state index contributed by atoms with van der Waals surface area (Å²) in [6.07, 6.45) is 5.94. The molecule has 0 radical (unpaired) electrons. The number of thiophene rings is 2. The van der Waals surface area contributed by atoms with Crippen LogP contribution in [0.2, 0.25) is 0 Å². The normalized spacial score (nSPS) is 18.9. The Morgan fingerprint density at radius 1 is 0.771 bits per heavy atom. The molecule has 2 atom stereocenters. The average Bonchev–Trinajstić information content (AvgIpc) is 3.29. The van der Waals surface area contributed by atoms with Crippen LogP contribution in [0.5, 0.6) is 0 Å². The number of nitrogens with one attached hydrogen (secondary N) is 2. The SMILES string of the molecule is C[C@@H]1CCc2c(sc(NC(=O)CCCC(=O)Nc3sc4c(c3C(N)=O)CC[C@H](C)C4)c2C(N)=O)C1. The minimum Gasteiger partial charge on any atom is -0.365 e. The van der Waals surface area contributed by atoms with Crippen LogP contribution in [-0.4, -0.2) is 23.6 Å². The van der Waals surface area contributed by atoms with Crippen molar-refractivity contribution in [2.45, 2.75) is 71.6 Å². The van der Waals surface area contributed by atoms with Gasteiger partial charge in [-0.05, 0) is 67.9 Å². The van der Waals surface area contributed by atoms with E-state index in [2.05, 4.69) is 24.5 Å². The van der Waals surface area contributed by atoms with E-state index in [0.29, 0.717) is 39.4 Å². The summed E-state index contributed by atoms with van der Waals surface area (Å²) >= 11 is 2.85. The van der Waals surface area contributed by atoms with Crippen molar-refractivity contribution in [3.63, 3.8) is 0 Å². The van der Waals surface area contributed by atoms with Crippen LogP contribution in [0.25, 0.3) is 0 Å². The van der Waals surface area contributed by atoms with Gasteiger partial charge in [-0.1, -0.05) is 13.8 Å². The first kappa shape index (κ1) is 25.4. The van der Waals surface area contributed by atoms with E-state index in [1.54, 1.807) is 0 Å². The van der Waals surface area contributed by atoms with Crippen molar-refractivity contribution in [3.05, 3.63) is 32.0 Å². The molecule has 35 heavy (non-hydrogen) atoms. The summed E-state index contributed by atoms with van der Waals surface area (Å²) in [5.41, 5.74) is 14.0. The van der Waals surface area contributed by atoms with Crippen molar-refractivity contribution in [3.8, 4) is 0 Å². The molecule has 0 spiro atoms. The molecule has 8 nitrogen and oxygen atoms in total. The Morgan fingerprint density at radius 3 is 1.54 bits per heavy atom. The highest BCUT2D eigenvalue weighted by atomic mass is 32.1. The molecule has 0 saturated carbocycles. The number of rotatable bonds is 8. The van der Waals surface area contributed by atoms with E-state index in [-0.39, 0.29) is 24.7 Å². The molecule has 0 aromatic carbocycles. The van der Waals surface area contributed by atoms with Crippen LogP contribution in [0.15, 0.2) is 0 Å². The lowest BCUT2D eigenvalue weighted by molar-refractivity contribution is -0.117. The van der Waals surface area contributed by atoms with Crippen LogP contribution in [0, 0.1) is 11.8 Å². The Kier molecular flexibility index (Phi) is 7.61. The van der Waals surface area contributed by atoms with Gasteiger partial charge < -0.3 is 22.1 Å². The van der Waals surface area contributed by atoms with Crippen molar-refractivity contribution >= 4 is 56.3 Å². The zero-order chi connectivity index (χ0) is 25.3. The first-order chi connectivity index (χ1) is 16.6. The molecule has 10 heteroatoms. The van der Waals surface area contributed by atoms with Gasteiger partial charge in [-0.15, -0.1) is 22.7 Å². The van der Waals surface area contributed by atoms with Crippen molar-refractivity contribution in [2.75, 3.05) is 10.6 Å². The van der Waals surface area contributed by atoms with E-state index in [0.717, 1.165) is 59.4 Å². The molecule has 188 valence electrons. The maximum atomic E-state index is 12.6. The summed E-state index contributed by atoms with van der Waals surface area (Å²) < 4.78 is 0. The smallest absolute Gasteiger partial charge is 0.251 e. The highest BCUT2D eigenvalue weighted by Gasteiger charge is 2.28. The van der Waals surface area contributed by atoms with Gasteiger partial charge in [0.25, 0.3) is 11.8 Å². The highest BCUT2D eigenvalue weighted by Crippen LogP contribution is 2.40. The Morgan fingerprint density at radius 2 is 1.17 bits per heavy atom. The number of hydrogen-bond acceptors (Lipinski definition) is 6. The van der Waals surface area contributed by atoms with Crippen molar-refractivity contribution in [1.29, 1.82) is 0 Å².